The summed E-state index contributed by atoms with van der Waals surface area (Å²) in [6.07, 6.45) is 0.182. The van der Waals surface area contributed by atoms with E-state index in [4.69, 9.17) is 16.3 Å². The summed E-state index contributed by atoms with van der Waals surface area (Å²) in [5.41, 5.74) is 1.77. The number of rotatable bonds is 6. The highest BCUT2D eigenvalue weighted by atomic mass is 35.5. The molecular formula is C21H23ClN2O3. The van der Waals surface area contributed by atoms with Crippen LogP contribution in [0, 0.1) is 5.92 Å². The standard InChI is InChI=1S/C21H23ClN2O3/c1-14(15-6-4-3-5-7-15)12-23-21(26)16-10-20(25)24(13-16)18-11-17(22)8-9-19(18)27-2/h3-9,11,14,16H,10,12-13H2,1-2H3,(H,23,26). The monoisotopic (exact) mass is 386 g/mol. The highest BCUT2D eigenvalue weighted by molar-refractivity contribution is 6.31. The molecule has 0 aromatic heterocycles. The van der Waals surface area contributed by atoms with Gasteiger partial charge >= 0.3 is 0 Å². The number of benzene rings is 2. The first-order valence-corrected chi connectivity index (χ1v) is 9.34. The van der Waals surface area contributed by atoms with Crippen LogP contribution in [0.25, 0.3) is 0 Å². The van der Waals surface area contributed by atoms with Crippen LogP contribution in [0.1, 0.15) is 24.8 Å². The van der Waals surface area contributed by atoms with E-state index in [0.29, 0.717) is 29.5 Å². The van der Waals surface area contributed by atoms with Crippen molar-refractivity contribution in [2.45, 2.75) is 19.3 Å². The molecule has 6 heteroatoms. The van der Waals surface area contributed by atoms with Crippen LogP contribution in [-0.4, -0.2) is 32.0 Å². The molecule has 27 heavy (non-hydrogen) atoms. The van der Waals surface area contributed by atoms with Crippen LogP contribution >= 0.6 is 11.6 Å². The Labute approximate surface area is 164 Å². The predicted octanol–water partition coefficient (Wildman–Crippen LogP) is 3.62. The summed E-state index contributed by atoms with van der Waals surface area (Å²) in [4.78, 5) is 26.6. The van der Waals surface area contributed by atoms with Gasteiger partial charge < -0.3 is 15.0 Å². The molecule has 2 aromatic carbocycles. The molecule has 1 aliphatic heterocycles. The van der Waals surface area contributed by atoms with Crippen molar-refractivity contribution < 1.29 is 14.3 Å². The van der Waals surface area contributed by atoms with Gasteiger partial charge in [0.25, 0.3) is 0 Å². The molecule has 3 rings (SSSR count). The van der Waals surface area contributed by atoms with E-state index in [1.165, 1.54) is 5.56 Å². The second kappa shape index (κ2) is 8.44. The number of hydrogen-bond donors (Lipinski definition) is 1. The van der Waals surface area contributed by atoms with E-state index in [2.05, 4.69) is 12.2 Å². The molecule has 0 radical (unpaired) electrons. The number of nitrogens with zero attached hydrogens (tertiary/aromatic N) is 1. The average molecular weight is 387 g/mol. The van der Waals surface area contributed by atoms with Crippen LogP contribution < -0.4 is 15.0 Å². The maximum Gasteiger partial charge on any atom is 0.227 e. The van der Waals surface area contributed by atoms with Crippen LogP contribution in [0.15, 0.2) is 48.5 Å². The predicted molar refractivity (Wildman–Crippen MR) is 106 cm³/mol. The van der Waals surface area contributed by atoms with E-state index in [9.17, 15) is 9.59 Å². The van der Waals surface area contributed by atoms with Gasteiger partial charge in [0.2, 0.25) is 11.8 Å². The van der Waals surface area contributed by atoms with Gasteiger partial charge in [-0.15, -0.1) is 0 Å². The topological polar surface area (TPSA) is 58.6 Å². The minimum atomic E-state index is -0.385. The minimum absolute atomic E-state index is 0.102. The lowest BCUT2D eigenvalue weighted by Crippen LogP contribution is -2.35. The maximum absolute atomic E-state index is 12.6. The summed E-state index contributed by atoms with van der Waals surface area (Å²) in [5.74, 6) is 0.175. The fraction of sp³-hybridized carbons (Fsp3) is 0.333. The van der Waals surface area contributed by atoms with E-state index in [0.717, 1.165) is 0 Å². The molecule has 0 saturated carbocycles. The van der Waals surface area contributed by atoms with E-state index < -0.39 is 0 Å². The zero-order valence-electron chi connectivity index (χ0n) is 15.4. The van der Waals surface area contributed by atoms with E-state index in [1.807, 2.05) is 30.3 Å². The second-order valence-corrected chi connectivity index (χ2v) is 7.21. The van der Waals surface area contributed by atoms with Gasteiger partial charge in [-0.3, -0.25) is 9.59 Å². The molecule has 1 saturated heterocycles. The highest BCUT2D eigenvalue weighted by Crippen LogP contribution is 2.35. The SMILES string of the molecule is COc1ccc(Cl)cc1N1CC(C(=O)NCC(C)c2ccccc2)CC1=O. The number of amides is 2. The zero-order valence-corrected chi connectivity index (χ0v) is 16.2. The quantitative estimate of drug-likeness (QED) is 0.824. The molecule has 2 unspecified atom stereocenters. The van der Waals surface area contributed by atoms with Gasteiger partial charge in [-0.05, 0) is 29.7 Å². The zero-order chi connectivity index (χ0) is 19.4. The normalized spacial score (nSPS) is 17.7. The van der Waals surface area contributed by atoms with Crippen molar-refractivity contribution in [3.63, 3.8) is 0 Å². The van der Waals surface area contributed by atoms with Crippen LogP contribution in [0.2, 0.25) is 5.02 Å². The number of ether oxygens (including phenoxy) is 1. The van der Waals surface area contributed by atoms with Crippen molar-refractivity contribution in [1.29, 1.82) is 0 Å². The van der Waals surface area contributed by atoms with Gasteiger partial charge in [0, 0.05) is 24.5 Å². The van der Waals surface area contributed by atoms with Gasteiger partial charge in [-0.1, -0.05) is 48.9 Å². The Kier molecular flexibility index (Phi) is 6.01. The van der Waals surface area contributed by atoms with Gasteiger partial charge in [0.05, 0.1) is 18.7 Å². The van der Waals surface area contributed by atoms with Crippen LogP contribution in [0.4, 0.5) is 5.69 Å². The molecule has 1 fully saturated rings. The average Bonchev–Trinajstić information content (AvgIpc) is 3.08. The third kappa shape index (κ3) is 4.42. The molecule has 142 valence electrons. The summed E-state index contributed by atoms with van der Waals surface area (Å²) in [5, 5.41) is 3.50. The number of carbonyl (C=O) groups excluding carboxylic acids is 2. The lowest BCUT2D eigenvalue weighted by molar-refractivity contribution is -0.126. The smallest absolute Gasteiger partial charge is 0.227 e. The van der Waals surface area contributed by atoms with Crippen LogP contribution in [-0.2, 0) is 9.59 Å². The van der Waals surface area contributed by atoms with E-state index in [-0.39, 0.29) is 30.1 Å². The summed E-state index contributed by atoms with van der Waals surface area (Å²) in [7, 11) is 1.54. The Balaban J connectivity index is 1.63. The van der Waals surface area contributed by atoms with Crippen molar-refractivity contribution in [3.05, 3.63) is 59.1 Å². The number of nitrogens with one attached hydrogen (secondary N) is 1. The van der Waals surface area contributed by atoms with Crippen molar-refractivity contribution in [3.8, 4) is 5.75 Å². The molecule has 0 spiro atoms. The molecule has 1 N–H and O–H groups in total. The van der Waals surface area contributed by atoms with Crippen molar-refractivity contribution >= 4 is 29.1 Å². The number of methoxy groups -OCH3 is 1. The Morgan fingerprint density at radius 3 is 2.74 bits per heavy atom. The summed E-state index contributed by atoms with van der Waals surface area (Å²) in [6.45, 7) is 2.92. The second-order valence-electron chi connectivity index (χ2n) is 6.78. The molecule has 2 amide bonds. The lowest BCUT2D eigenvalue weighted by atomic mass is 10.0. The molecule has 5 nitrogen and oxygen atoms in total. The maximum atomic E-state index is 12.6. The summed E-state index contributed by atoms with van der Waals surface area (Å²) >= 11 is 6.07. The van der Waals surface area contributed by atoms with Gasteiger partial charge in [-0.2, -0.15) is 0 Å². The summed E-state index contributed by atoms with van der Waals surface area (Å²) in [6, 6.07) is 15.2. The first kappa shape index (κ1) is 19.2. The first-order chi connectivity index (χ1) is 13.0. The third-order valence-electron chi connectivity index (χ3n) is 4.88. The minimum Gasteiger partial charge on any atom is -0.495 e. The fourth-order valence-electron chi connectivity index (χ4n) is 3.29. The molecular weight excluding hydrogens is 364 g/mol. The Morgan fingerprint density at radius 2 is 2.04 bits per heavy atom. The fourth-order valence-corrected chi connectivity index (χ4v) is 3.45. The molecule has 1 heterocycles. The molecule has 0 aliphatic carbocycles. The molecule has 1 aliphatic rings. The lowest BCUT2D eigenvalue weighted by Gasteiger charge is -2.20. The van der Waals surface area contributed by atoms with Gasteiger partial charge in [-0.25, -0.2) is 0 Å². The Morgan fingerprint density at radius 1 is 1.30 bits per heavy atom. The van der Waals surface area contributed by atoms with Crippen molar-refractivity contribution in [1.82, 2.24) is 5.32 Å². The number of halogens is 1. The molecule has 2 aromatic rings. The van der Waals surface area contributed by atoms with Crippen LogP contribution in [0.5, 0.6) is 5.75 Å². The van der Waals surface area contributed by atoms with Gasteiger partial charge in [0.1, 0.15) is 5.75 Å². The third-order valence-corrected chi connectivity index (χ3v) is 5.11. The largest absolute Gasteiger partial charge is 0.495 e. The molecule has 2 atom stereocenters. The van der Waals surface area contributed by atoms with Crippen molar-refractivity contribution in [2.24, 2.45) is 5.92 Å². The van der Waals surface area contributed by atoms with E-state index >= 15 is 0 Å². The van der Waals surface area contributed by atoms with Gasteiger partial charge in [0.15, 0.2) is 0 Å². The first-order valence-electron chi connectivity index (χ1n) is 8.96. The van der Waals surface area contributed by atoms with Crippen molar-refractivity contribution in [2.75, 3.05) is 25.1 Å². The Bertz CT molecular complexity index is 825. The highest BCUT2D eigenvalue weighted by Gasteiger charge is 2.36. The Hall–Kier alpha value is -2.53. The number of carbonyl (C=O) groups is 2. The molecule has 0 bridgehead atoms. The van der Waals surface area contributed by atoms with Crippen LogP contribution in [0.3, 0.4) is 0 Å². The number of hydrogen-bond acceptors (Lipinski definition) is 3. The summed E-state index contributed by atoms with van der Waals surface area (Å²) < 4.78 is 5.33. The van der Waals surface area contributed by atoms with E-state index in [1.54, 1.807) is 30.2 Å². The number of anilines is 1.